The van der Waals surface area contributed by atoms with Gasteiger partial charge in [-0.15, -0.1) is 0 Å². The Kier molecular flexibility index (Phi) is 3.57. The van der Waals surface area contributed by atoms with Crippen LogP contribution in [0.15, 0.2) is 48.7 Å². The molecule has 1 heterocycles. The van der Waals surface area contributed by atoms with Crippen LogP contribution in [0, 0.1) is 28.6 Å². The minimum atomic E-state index is -0.480. The van der Waals surface area contributed by atoms with E-state index in [1.807, 2.05) is 12.2 Å². The molecule has 2 fully saturated rings. The monoisotopic (exact) mass is 309 g/mol. The molecule has 23 heavy (non-hydrogen) atoms. The molecule has 1 aliphatic heterocycles. The second kappa shape index (κ2) is 5.11. The first-order valence-corrected chi connectivity index (χ1v) is 8.55. The van der Waals surface area contributed by atoms with Crippen molar-refractivity contribution in [2.45, 2.75) is 50.6 Å². The lowest BCUT2D eigenvalue weighted by molar-refractivity contribution is 0.00707. The molecule has 0 aromatic heterocycles. The maximum absolute atomic E-state index is 10.0. The number of fused-ring (bicyclic) bond motifs is 1. The van der Waals surface area contributed by atoms with Crippen LogP contribution >= 0.6 is 0 Å². The number of nitriles is 1. The van der Waals surface area contributed by atoms with Crippen molar-refractivity contribution in [2.24, 2.45) is 23.0 Å². The molecular formula is C20H27N3. The summed E-state index contributed by atoms with van der Waals surface area (Å²) >= 11 is 0. The second-order valence-electron chi connectivity index (χ2n) is 7.56. The summed E-state index contributed by atoms with van der Waals surface area (Å²) in [6, 6.07) is 2.59. The Morgan fingerprint density at radius 1 is 1.48 bits per heavy atom. The lowest BCUT2D eigenvalue weighted by Gasteiger charge is -2.62. The minimum Gasteiger partial charge on any atom is -0.376 e. The molecule has 2 aliphatic carbocycles. The Labute approximate surface area is 139 Å². The fraction of sp³-hybridized carbons (Fsp3) is 0.550. The third-order valence-electron chi connectivity index (χ3n) is 6.56. The molecule has 122 valence electrons. The molecule has 0 radical (unpaired) electrons. The Morgan fingerprint density at radius 3 is 2.74 bits per heavy atom. The van der Waals surface area contributed by atoms with Crippen molar-refractivity contribution in [2.75, 3.05) is 0 Å². The normalized spacial score (nSPS) is 42.6. The quantitative estimate of drug-likeness (QED) is 0.780. The summed E-state index contributed by atoms with van der Waals surface area (Å²) in [4.78, 5) is 0. The van der Waals surface area contributed by atoms with Gasteiger partial charge in [0.25, 0.3) is 0 Å². The third-order valence-corrected chi connectivity index (χ3v) is 6.56. The lowest BCUT2D eigenvalue weighted by Crippen LogP contribution is -2.71. The summed E-state index contributed by atoms with van der Waals surface area (Å²) in [5, 5.41) is 13.6. The molecule has 1 saturated heterocycles. The summed E-state index contributed by atoms with van der Waals surface area (Å²) in [5.41, 5.74) is 7.68. The van der Waals surface area contributed by atoms with Gasteiger partial charge >= 0.3 is 0 Å². The van der Waals surface area contributed by atoms with Gasteiger partial charge in [-0.1, -0.05) is 57.7 Å². The van der Waals surface area contributed by atoms with E-state index >= 15 is 0 Å². The zero-order valence-corrected chi connectivity index (χ0v) is 14.2. The maximum Gasteiger partial charge on any atom is 0.0822 e. The Balaban J connectivity index is 2.07. The Hall–Kier alpha value is -1.79. The van der Waals surface area contributed by atoms with Crippen LogP contribution in [-0.2, 0) is 0 Å². The van der Waals surface area contributed by atoms with Gasteiger partial charge in [0.1, 0.15) is 0 Å². The van der Waals surface area contributed by atoms with Crippen molar-refractivity contribution in [3.05, 3.63) is 48.7 Å². The second-order valence-corrected chi connectivity index (χ2v) is 7.56. The van der Waals surface area contributed by atoms with E-state index in [0.29, 0.717) is 0 Å². The lowest BCUT2D eigenvalue weighted by atomic mass is 9.43. The number of allylic oxidation sites excluding steroid dienone is 4. The van der Waals surface area contributed by atoms with Crippen LogP contribution in [0.2, 0.25) is 0 Å². The van der Waals surface area contributed by atoms with Crippen LogP contribution in [0.3, 0.4) is 0 Å². The van der Waals surface area contributed by atoms with E-state index in [2.05, 4.69) is 50.5 Å². The highest BCUT2D eigenvalue weighted by molar-refractivity contribution is 5.52. The van der Waals surface area contributed by atoms with Crippen LogP contribution in [-0.4, -0.2) is 11.1 Å². The van der Waals surface area contributed by atoms with Gasteiger partial charge in [0, 0.05) is 11.1 Å². The van der Waals surface area contributed by atoms with Crippen LogP contribution in [0.1, 0.15) is 39.5 Å². The first kappa shape index (κ1) is 16.1. The van der Waals surface area contributed by atoms with E-state index in [0.717, 1.165) is 37.0 Å². The van der Waals surface area contributed by atoms with Crippen LogP contribution in [0.5, 0.6) is 0 Å². The number of hydrogen-bond acceptors (Lipinski definition) is 3. The topological polar surface area (TPSA) is 61.8 Å². The first-order chi connectivity index (χ1) is 10.9. The number of nitrogens with one attached hydrogen (secondary N) is 1. The SMILES string of the molecule is C=C1CC2(C)C1([C@@H](C#N)C1C=CC=CC1)NC(=C)[C@]2(N)CCC. The molecule has 3 N–H and O–H groups in total. The van der Waals surface area contributed by atoms with Crippen molar-refractivity contribution in [3.63, 3.8) is 0 Å². The third kappa shape index (κ3) is 1.73. The summed E-state index contributed by atoms with van der Waals surface area (Å²) in [6.07, 6.45) is 12.0. The molecule has 0 bridgehead atoms. The molecule has 1 saturated carbocycles. The summed E-state index contributed by atoms with van der Waals surface area (Å²) < 4.78 is 0. The highest BCUT2D eigenvalue weighted by atomic mass is 15.2. The highest BCUT2D eigenvalue weighted by Gasteiger charge is 2.75. The zero-order chi connectivity index (χ0) is 16.9. The summed E-state index contributed by atoms with van der Waals surface area (Å²) in [5.74, 6) is -0.000340. The maximum atomic E-state index is 10.0. The van der Waals surface area contributed by atoms with Crippen LogP contribution in [0.4, 0.5) is 0 Å². The average molecular weight is 309 g/mol. The molecule has 3 aliphatic rings. The van der Waals surface area contributed by atoms with E-state index in [1.165, 1.54) is 0 Å². The first-order valence-electron chi connectivity index (χ1n) is 8.55. The van der Waals surface area contributed by atoms with Gasteiger partial charge in [-0.25, -0.2) is 0 Å². The molecule has 0 aromatic carbocycles. The highest BCUT2D eigenvalue weighted by Crippen LogP contribution is 2.68. The summed E-state index contributed by atoms with van der Waals surface area (Å²) in [6.45, 7) is 12.9. The van der Waals surface area contributed by atoms with E-state index in [-0.39, 0.29) is 17.3 Å². The summed E-state index contributed by atoms with van der Waals surface area (Å²) in [7, 11) is 0. The molecule has 0 spiro atoms. The zero-order valence-electron chi connectivity index (χ0n) is 14.2. The molecular weight excluding hydrogens is 282 g/mol. The van der Waals surface area contributed by atoms with E-state index in [9.17, 15) is 5.26 Å². The Morgan fingerprint density at radius 2 is 2.22 bits per heavy atom. The molecule has 5 atom stereocenters. The van der Waals surface area contributed by atoms with E-state index < -0.39 is 11.1 Å². The van der Waals surface area contributed by atoms with Crippen molar-refractivity contribution in [1.29, 1.82) is 5.26 Å². The standard InChI is InChI=1S/C20H27N3/c1-5-11-19(22)15(3)23-20(14(2)12-18(19,20)4)17(13-21)16-9-7-6-8-10-16/h6-9,16-17,23H,2-3,5,10-12,22H2,1,4H3/t16?,17-,18?,19+,20?/m0/s1. The predicted molar refractivity (Wildman–Crippen MR) is 94.2 cm³/mol. The van der Waals surface area contributed by atoms with Gasteiger partial charge in [-0.05, 0) is 30.8 Å². The molecule has 0 aromatic rings. The number of rotatable bonds is 4. The van der Waals surface area contributed by atoms with Gasteiger partial charge < -0.3 is 11.1 Å². The van der Waals surface area contributed by atoms with Crippen molar-refractivity contribution in [1.82, 2.24) is 5.32 Å². The number of hydrogen-bond donors (Lipinski definition) is 2. The number of nitrogens with two attached hydrogens (primary N) is 1. The fourth-order valence-electron chi connectivity index (χ4n) is 5.23. The minimum absolute atomic E-state index is 0.186. The molecule has 3 nitrogen and oxygen atoms in total. The van der Waals surface area contributed by atoms with Gasteiger partial charge in [0.05, 0.1) is 23.1 Å². The molecule has 3 heteroatoms. The van der Waals surface area contributed by atoms with Gasteiger partial charge in [-0.2, -0.15) is 5.26 Å². The molecule has 0 amide bonds. The number of nitrogens with zero attached hydrogens (tertiary/aromatic N) is 1. The van der Waals surface area contributed by atoms with E-state index in [4.69, 9.17) is 5.73 Å². The predicted octanol–water partition coefficient (Wildman–Crippen LogP) is 3.58. The Bertz CT molecular complexity index is 652. The molecule has 3 rings (SSSR count). The van der Waals surface area contributed by atoms with Gasteiger partial charge in [-0.3, -0.25) is 0 Å². The smallest absolute Gasteiger partial charge is 0.0822 e. The van der Waals surface area contributed by atoms with Crippen LogP contribution in [0.25, 0.3) is 0 Å². The van der Waals surface area contributed by atoms with Crippen molar-refractivity contribution >= 4 is 0 Å². The van der Waals surface area contributed by atoms with Crippen LogP contribution < -0.4 is 11.1 Å². The van der Waals surface area contributed by atoms with Crippen molar-refractivity contribution < 1.29 is 0 Å². The fourth-order valence-corrected chi connectivity index (χ4v) is 5.23. The van der Waals surface area contributed by atoms with E-state index in [1.54, 1.807) is 0 Å². The van der Waals surface area contributed by atoms with Gasteiger partial charge in [0.15, 0.2) is 0 Å². The van der Waals surface area contributed by atoms with Gasteiger partial charge in [0.2, 0.25) is 0 Å². The van der Waals surface area contributed by atoms with Crippen molar-refractivity contribution in [3.8, 4) is 6.07 Å². The average Bonchev–Trinajstić information content (AvgIpc) is 2.66. The largest absolute Gasteiger partial charge is 0.376 e. The molecule has 3 unspecified atom stereocenters.